The van der Waals surface area contributed by atoms with E-state index in [1.54, 1.807) is 30.3 Å². The zero-order valence-electron chi connectivity index (χ0n) is 35.6. The molecule has 62 heavy (non-hydrogen) atoms. The van der Waals surface area contributed by atoms with Gasteiger partial charge in [-0.15, -0.1) is 10.2 Å². The van der Waals surface area contributed by atoms with Crippen molar-refractivity contribution < 1.29 is 14.3 Å². The molecule has 6 aromatic carbocycles. The van der Waals surface area contributed by atoms with Crippen molar-refractivity contribution >= 4 is 29.1 Å². The molecule has 0 fully saturated rings. The van der Waals surface area contributed by atoms with Crippen molar-refractivity contribution in [2.24, 2.45) is 0 Å². The summed E-state index contributed by atoms with van der Waals surface area (Å²) in [5.41, 5.74) is 13.0. The number of hydrogen-bond acceptors (Lipinski definition) is 6. The van der Waals surface area contributed by atoms with Crippen molar-refractivity contribution in [2.45, 2.75) is 83.5 Å². The van der Waals surface area contributed by atoms with E-state index in [0.29, 0.717) is 22.9 Å². The molecule has 7 nitrogen and oxygen atoms in total. The smallest absolute Gasteiger partial charge is 0.346 e. The van der Waals surface area contributed by atoms with Crippen molar-refractivity contribution in [3.63, 3.8) is 0 Å². The molecular formula is C55H52N4O3. The number of aromatic nitrogens is 2. The van der Waals surface area contributed by atoms with E-state index in [9.17, 15) is 9.90 Å². The van der Waals surface area contributed by atoms with E-state index in [2.05, 4.69) is 138 Å². The number of para-hydroxylation sites is 2. The van der Waals surface area contributed by atoms with Gasteiger partial charge in [0.25, 0.3) is 0 Å². The van der Waals surface area contributed by atoms with Gasteiger partial charge in [0.15, 0.2) is 0 Å². The number of nitrogens with zero attached hydrogens (tertiary/aromatic N) is 4. The van der Waals surface area contributed by atoms with Gasteiger partial charge >= 0.3 is 5.97 Å². The number of benzene rings is 6. The van der Waals surface area contributed by atoms with Gasteiger partial charge < -0.3 is 14.4 Å². The summed E-state index contributed by atoms with van der Waals surface area (Å²) in [4.78, 5) is 13.7. The van der Waals surface area contributed by atoms with Crippen LogP contribution in [0.3, 0.4) is 0 Å². The van der Waals surface area contributed by atoms with E-state index in [1.807, 2.05) is 12.1 Å². The Morgan fingerprint density at radius 3 is 1.65 bits per heavy atom. The molecule has 1 aromatic heterocycles. The maximum atomic E-state index is 11.3. The normalized spacial score (nSPS) is 12.7. The van der Waals surface area contributed by atoms with Crippen LogP contribution in [-0.2, 0) is 10.2 Å². The van der Waals surface area contributed by atoms with Crippen LogP contribution in [0.2, 0.25) is 0 Å². The molecule has 0 bridgehead atoms. The minimum atomic E-state index is -1.26. The summed E-state index contributed by atoms with van der Waals surface area (Å²) in [6, 6.07) is 52.8. The first kappa shape index (κ1) is 41.7. The summed E-state index contributed by atoms with van der Waals surface area (Å²) in [5.74, 6) is -0.505. The van der Waals surface area contributed by atoms with Gasteiger partial charge in [0.1, 0.15) is 11.6 Å². The van der Waals surface area contributed by atoms with Crippen LogP contribution in [0, 0.1) is 11.3 Å². The van der Waals surface area contributed by atoms with Crippen molar-refractivity contribution in [3.05, 3.63) is 168 Å². The Morgan fingerprint density at radius 1 is 0.613 bits per heavy atom. The van der Waals surface area contributed by atoms with Crippen molar-refractivity contribution in [1.82, 2.24) is 10.2 Å². The molecule has 1 heterocycles. The van der Waals surface area contributed by atoms with Gasteiger partial charge in [-0.05, 0) is 125 Å². The van der Waals surface area contributed by atoms with E-state index in [1.165, 1.54) is 90.9 Å². The Morgan fingerprint density at radius 2 is 1.11 bits per heavy atom. The number of rotatable bonds is 18. The molecule has 7 heteroatoms. The molecule has 7 aromatic rings. The number of carboxylic acids is 1. The molecule has 310 valence electrons. The first-order valence-corrected chi connectivity index (χ1v) is 22.0. The Hall–Kier alpha value is -7.04. The number of aliphatic carboxylic acids is 1. The van der Waals surface area contributed by atoms with Crippen molar-refractivity contribution in [2.75, 3.05) is 4.90 Å². The molecule has 0 unspecified atom stereocenters. The lowest BCUT2D eigenvalue weighted by Gasteiger charge is -2.34. The number of unbranched alkanes of at least 4 members (excludes halogenated alkanes) is 6. The Kier molecular flexibility index (Phi) is 12.9. The van der Waals surface area contributed by atoms with Gasteiger partial charge in [-0.2, -0.15) is 5.26 Å². The lowest BCUT2D eigenvalue weighted by Crippen LogP contribution is -2.26. The fourth-order valence-corrected chi connectivity index (χ4v) is 9.07. The highest BCUT2D eigenvalue weighted by molar-refractivity contribution is 5.96. The largest absolute Gasteiger partial charge is 0.477 e. The van der Waals surface area contributed by atoms with E-state index in [4.69, 9.17) is 9.68 Å². The van der Waals surface area contributed by atoms with Crippen molar-refractivity contribution in [1.29, 1.82) is 5.26 Å². The quantitative estimate of drug-likeness (QED) is 0.0522. The lowest BCUT2D eigenvalue weighted by atomic mass is 9.70. The predicted molar refractivity (Wildman–Crippen MR) is 250 cm³/mol. The van der Waals surface area contributed by atoms with Crippen LogP contribution in [0.4, 0.5) is 17.1 Å². The minimum absolute atomic E-state index is 0.111. The number of fused-ring (bicyclic) bond motifs is 3. The molecule has 8 rings (SSSR count). The fraction of sp³-hybridized carbons (Fsp3) is 0.236. The van der Waals surface area contributed by atoms with Gasteiger partial charge in [-0.3, -0.25) is 0 Å². The monoisotopic (exact) mass is 816 g/mol. The average molecular weight is 817 g/mol. The first-order chi connectivity index (χ1) is 30.4. The van der Waals surface area contributed by atoms with Crippen LogP contribution in [0.15, 0.2) is 156 Å². The molecule has 1 N–H and O–H groups in total. The summed E-state index contributed by atoms with van der Waals surface area (Å²) >= 11 is 0. The fourth-order valence-electron chi connectivity index (χ4n) is 9.07. The summed E-state index contributed by atoms with van der Waals surface area (Å²) in [6.07, 6.45) is 13.3. The van der Waals surface area contributed by atoms with Gasteiger partial charge in [-0.25, -0.2) is 4.79 Å². The van der Waals surface area contributed by atoms with Crippen LogP contribution < -0.4 is 4.90 Å². The van der Waals surface area contributed by atoms with Gasteiger partial charge in [0.2, 0.25) is 11.8 Å². The zero-order valence-corrected chi connectivity index (χ0v) is 35.6. The topological polar surface area (TPSA) is 103 Å². The van der Waals surface area contributed by atoms with Gasteiger partial charge in [0, 0.05) is 33.6 Å². The predicted octanol–water partition coefficient (Wildman–Crippen LogP) is 14.7. The molecule has 0 saturated heterocycles. The third kappa shape index (κ3) is 8.73. The number of hydrogen-bond donors (Lipinski definition) is 1. The van der Waals surface area contributed by atoms with Gasteiger partial charge in [-0.1, -0.05) is 144 Å². The number of carboxylic acid groups (broad SMARTS) is 1. The number of nitriles is 1. The van der Waals surface area contributed by atoms with E-state index >= 15 is 0 Å². The SMILES string of the molecule is CCCCCCC1(CCCCCC)c2cc(-c3ccc(-c4nnc(-c5ccc(/C=C(/C#N)C(=O)O)cc5)o4)cc3)ccc2-c2ccc(N(c3ccccc3)c3ccccc3)cc21. The highest BCUT2D eigenvalue weighted by Crippen LogP contribution is 2.56. The molecule has 0 saturated carbocycles. The summed E-state index contributed by atoms with van der Waals surface area (Å²) in [5, 5.41) is 27.0. The second-order valence-electron chi connectivity index (χ2n) is 16.3. The van der Waals surface area contributed by atoms with Crippen molar-refractivity contribution in [3.8, 4) is 51.2 Å². The zero-order chi connectivity index (χ0) is 42.9. The molecule has 0 amide bonds. The molecule has 0 aliphatic heterocycles. The highest BCUT2D eigenvalue weighted by Gasteiger charge is 2.43. The van der Waals surface area contributed by atoms with E-state index < -0.39 is 5.97 Å². The molecule has 0 atom stereocenters. The summed E-state index contributed by atoms with van der Waals surface area (Å²) in [7, 11) is 0. The summed E-state index contributed by atoms with van der Waals surface area (Å²) in [6.45, 7) is 4.59. The molecule has 0 radical (unpaired) electrons. The number of carbonyl (C=O) groups is 1. The Labute approximate surface area is 365 Å². The molecule has 1 aliphatic rings. The van der Waals surface area contributed by atoms with Crippen LogP contribution in [0.5, 0.6) is 0 Å². The second kappa shape index (κ2) is 19.1. The Bertz CT molecular complexity index is 2640. The molecular weight excluding hydrogens is 765 g/mol. The molecule has 0 spiro atoms. The first-order valence-electron chi connectivity index (χ1n) is 22.0. The number of anilines is 3. The van der Waals surface area contributed by atoms with Crippen LogP contribution in [0.1, 0.15) is 94.7 Å². The lowest BCUT2D eigenvalue weighted by molar-refractivity contribution is -0.132. The van der Waals surface area contributed by atoms with Crippen LogP contribution >= 0.6 is 0 Å². The maximum absolute atomic E-state index is 11.3. The summed E-state index contributed by atoms with van der Waals surface area (Å²) < 4.78 is 6.11. The average Bonchev–Trinajstić information content (AvgIpc) is 3.91. The minimum Gasteiger partial charge on any atom is -0.477 e. The van der Waals surface area contributed by atoms with Crippen LogP contribution in [-0.4, -0.2) is 21.3 Å². The third-order valence-electron chi connectivity index (χ3n) is 12.3. The van der Waals surface area contributed by atoms with Crippen LogP contribution in [0.25, 0.3) is 51.2 Å². The standard InChI is InChI=1S/C55H52N4O3/c1-3-5-7-15-33-55(34-16-8-6-4-2)50-36-43(29-31-48(50)49-32-30-47(37-51(49)55)59(45-17-11-9-12-18-45)46-19-13-10-14-20-46)40-25-27-42(28-26-40)53-58-57-52(62-53)41-23-21-39(22-24-41)35-44(38-56)54(60)61/h9-14,17-32,35-37H,3-8,15-16,33-34H2,1-2H3,(H,60,61)/b44-35-. The van der Waals surface area contributed by atoms with E-state index in [0.717, 1.165) is 35.3 Å². The van der Waals surface area contributed by atoms with E-state index in [-0.39, 0.29) is 11.0 Å². The van der Waals surface area contributed by atoms with Gasteiger partial charge in [0.05, 0.1) is 0 Å². The maximum Gasteiger partial charge on any atom is 0.346 e. The third-order valence-corrected chi connectivity index (χ3v) is 12.3. The second-order valence-corrected chi connectivity index (χ2v) is 16.3. The molecule has 1 aliphatic carbocycles. The Balaban J connectivity index is 1.14. The highest BCUT2D eigenvalue weighted by atomic mass is 16.4.